The average Bonchev–Trinajstić information content (AvgIpc) is 3.03. The summed E-state index contributed by atoms with van der Waals surface area (Å²) in [5, 5.41) is 4.77. The molecule has 1 aliphatic heterocycles. The molecule has 1 aliphatic rings. The second-order valence-corrected chi connectivity index (χ2v) is 6.06. The number of carbonyl (C=O) groups is 2. The van der Waals surface area contributed by atoms with Crippen molar-refractivity contribution in [3.05, 3.63) is 18.5 Å². The first kappa shape index (κ1) is 16.5. The van der Waals surface area contributed by atoms with Gasteiger partial charge in [-0.3, -0.25) is 4.79 Å². The van der Waals surface area contributed by atoms with Crippen LogP contribution < -0.4 is 0 Å². The van der Waals surface area contributed by atoms with Crippen LogP contribution in [0.3, 0.4) is 0 Å². The fourth-order valence-electron chi connectivity index (χ4n) is 2.35. The Morgan fingerprint density at radius 2 is 2.00 bits per heavy atom. The highest BCUT2D eigenvalue weighted by atomic mass is 32.2. The van der Waals surface area contributed by atoms with Gasteiger partial charge in [-0.25, -0.2) is 14.3 Å². The molecule has 0 radical (unpaired) electrons. The smallest absolute Gasteiger partial charge is 0.409 e. The van der Waals surface area contributed by atoms with Gasteiger partial charge in [0.05, 0.1) is 12.4 Å². The van der Waals surface area contributed by atoms with Crippen LogP contribution in [-0.2, 0) is 9.53 Å². The van der Waals surface area contributed by atoms with Gasteiger partial charge in [0, 0.05) is 38.6 Å². The van der Waals surface area contributed by atoms with Crippen LogP contribution in [0.5, 0.6) is 0 Å². The quantitative estimate of drug-likeness (QED) is 0.742. The van der Waals surface area contributed by atoms with E-state index in [0.29, 0.717) is 43.7 Å². The Balaban J connectivity index is 1.48. The van der Waals surface area contributed by atoms with Gasteiger partial charge in [0.2, 0.25) is 11.1 Å². The fourth-order valence-corrected chi connectivity index (χ4v) is 3.07. The second kappa shape index (κ2) is 7.47. The van der Waals surface area contributed by atoms with Crippen LogP contribution in [0.1, 0.15) is 6.92 Å². The van der Waals surface area contributed by atoms with Crippen LogP contribution in [0.15, 0.2) is 23.6 Å². The number of hydrogen-bond donors (Lipinski definition) is 0. The molecule has 2 aromatic heterocycles. The highest BCUT2D eigenvalue weighted by Crippen LogP contribution is 2.15. The maximum absolute atomic E-state index is 12.3. The van der Waals surface area contributed by atoms with Gasteiger partial charge in [0.1, 0.15) is 0 Å². The summed E-state index contributed by atoms with van der Waals surface area (Å²) >= 11 is 1.28. The Morgan fingerprint density at radius 1 is 1.25 bits per heavy atom. The first-order chi connectivity index (χ1) is 11.7. The molecule has 0 aromatic carbocycles. The van der Waals surface area contributed by atoms with Crippen LogP contribution in [-0.4, -0.2) is 79.9 Å². The van der Waals surface area contributed by atoms with E-state index < -0.39 is 0 Å². The summed E-state index contributed by atoms with van der Waals surface area (Å²) in [6, 6.07) is 1.77. The van der Waals surface area contributed by atoms with E-state index in [2.05, 4.69) is 15.1 Å². The summed E-state index contributed by atoms with van der Waals surface area (Å²) in [5.74, 6) is 0.779. The lowest BCUT2D eigenvalue weighted by Gasteiger charge is -2.33. The first-order valence-electron chi connectivity index (χ1n) is 7.67. The molecule has 3 rings (SSSR count). The van der Waals surface area contributed by atoms with E-state index in [4.69, 9.17) is 4.74 Å². The van der Waals surface area contributed by atoms with E-state index in [9.17, 15) is 9.59 Å². The van der Waals surface area contributed by atoms with Crippen molar-refractivity contribution in [2.75, 3.05) is 38.5 Å². The molecule has 2 aromatic rings. The van der Waals surface area contributed by atoms with Crippen LogP contribution in [0, 0.1) is 0 Å². The van der Waals surface area contributed by atoms with E-state index in [1.165, 1.54) is 11.8 Å². The minimum Gasteiger partial charge on any atom is -0.450 e. The highest BCUT2D eigenvalue weighted by molar-refractivity contribution is 7.99. The van der Waals surface area contributed by atoms with Crippen LogP contribution in [0.25, 0.3) is 5.78 Å². The van der Waals surface area contributed by atoms with Crippen molar-refractivity contribution in [2.45, 2.75) is 12.1 Å². The van der Waals surface area contributed by atoms with Gasteiger partial charge in [-0.15, -0.1) is 5.10 Å². The van der Waals surface area contributed by atoms with E-state index in [1.54, 1.807) is 39.7 Å². The Kier molecular flexibility index (Phi) is 5.14. The van der Waals surface area contributed by atoms with Crippen molar-refractivity contribution in [2.24, 2.45) is 0 Å². The van der Waals surface area contributed by atoms with Gasteiger partial charge >= 0.3 is 6.09 Å². The molecule has 0 unspecified atom stereocenters. The average molecular weight is 350 g/mol. The van der Waals surface area contributed by atoms with Crippen LogP contribution in [0.4, 0.5) is 4.79 Å². The fraction of sp³-hybridized carbons (Fsp3) is 0.500. The topological polar surface area (TPSA) is 92.9 Å². The molecule has 2 amide bonds. The largest absolute Gasteiger partial charge is 0.450 e. The molecule has 1 saturated heterocycles. The maximum atomic E-state index is 12.3. The first-order valence-corrected chi connectivity index (χ1v) is 8.65. The number of rotatable bonds is 4. The van der Waals surface area contributed by atoms with Crippen molar-refractivity contribution < 1.29 is 14.3 Å². The van der Waals surface area contributed by atoms with Gasteiger partial charge in [-0.2, -0.15) is 4.98 Å². The molecular weight excluding hydrogens is 332 g/mol. The summed E-state index contributed by atoms with van der Waals surface area (Å²) in [6.07, 6.45) is 3.09. The molecule has 0 atom stereocenters. The van der Waals surface area contributed by atoms with Crippen molar-refractivity contribution in [1.29, 1.82) is 0 Å². The number of fused-ring (bicyclic) bond motifs is 1. The van der Waals surface area contributed by atoms with Gasteiger partial charge in [-0.1, -0.05) is 11.8 Å². The molecule has 0 spiro atoms. The summed E-state index contributed by atoms with van der Waals surface area (Å²) in [4.78, 5) is 35.6. The molecule has 24 heavy (non-hydrogen) atoms. The number of ether oxygens (including phenoxy) is 1. The Morgan fingerprint density at radius 3 is 2.71 bits per heavy atom. The van der Waals surface area contributed by atoms with Gasteiger partial charge in [-0.05, 0) is 13.0 Å². The third-order valence-electron chi connectivity index (χ3n) is 3.58. The standard InChI is InChI=1S/C14H18N6O3S/c1-2-23-14(22)19-8-6-18(7-9-19)11(21)10-24-13-16-12-15-4-3-5-20(12)17-13/h3-5H,2,6-10H2,1H3. The number of amides is 2. The lowest BCUT2D eigenvalue weighted by atomic mass is 10.3. The second-order valence-electron chi connectivity index (χ2n) is 5.11. The number of piperazine rings is 1. The molecular formula is C14H18N6O3S. The number of aromatic nitrogens is 4. The predicted molar refractivity (Wildman–Crippen MR) is 86.7 cm³/mol. The lowest BCUT2D eigenvalue weighted by Crippen LogP contribution is -2.51. The van der Waals surface area contributed by atoms with E-state index in [-0.39, 0.29) is 17.8 Å². The highest BCUT2D eigenvalue weighted by Gasteiger charge is 2.25. The molecule has 0 aliphatic carbocycles. The van der Waals surface area contributed by atoms with Crippen molar-refractivity contribution in [1.82, 2.24) is 29.4 Å². The molecule has 3 heterocycles. The summed E-state index contributed by atoms with van der Waals surface area (Å²) < 4.78 is 6.54. The molecule has 9 nitrogen and oxygen atoms in total. The molecule has 0 bridgehead atoms. The Labute approximate surface area is 143 Å². The number of hydrogen-bond acceptors (Lipinski definition) is 7. The van der Waals surface area contributed by atoms with Gasteiger partial charge in [0.15, 0.2) is 0 Å². The normalized spacial score (nSPS) is 14.9. The molecule has 128 valence electrons. The zero-order chi connectivity index (χ0) is 16.9. The van der Waals surface area contributed by atoms with Gasteiger partial charge in [0.25, 0.3) is 5.78 Å². The lowest BCUT2D eigenvalue weighted by molar-refractivity contribution is -0.129. The summed E-state index contributed by atoms with van der Waals surface area (Å²) in [6.45, 7) is 4.14. The van der Waals surface area contributed by atoms with Crippen LogP contribution in [0.2, 0.25) is 0 Å². The zero-order valence-corrected chi connectivity index (χ0v) is 14.1. The molecule has 1 fully saturated rings. The van der Waals surface area contributed by atoms with E-state index >= 15 is 0 Å². The summed E-state index contributed by atoms with van der Waals surface area (Å²) in [5.41, 5.74) is 0. The monoisotopic (exact) mass is 350 g/mol. The Hall–Kier alpha value is -2.36. The van der Waals surface area contributed by atoms with E-state index in [1.807, 2.05) is 0 Å². The van der Waals surface area contributed by atoms with Crippen molar-refractivity contribution >= 4 is 29.5 Å². The minimum absolute atomic E-state index is 0.00956. The number of nitrogens with zero attached hydrogens (tertiary/aromatic N) is 6. The van der Waals surface area contributed by atoms with Crippen LogP contribution >= 0.6 is 11.8 Å². The zero-order valence-electron chi connectivity index (χ0n) is 13.3. The molecule has 0 N–H and O–H groups in total. The SMILES string of the molecule is CCOC(=O)N1CCN(C(=O)CSc2nc3ncccn3n2)CC1. The molecule has 10 heteroatoms. The van der Waals surface area contributed by atoms with E-state index in [0.717, 1.165) is 0 Å². The number of thioether (sulfide) groups is 1. The third-order valence-corrected chi connectivity index (χ3v) is 4.40. The molecule has 0 saturated carbocycles. The van der Waals surface area contributed by atoms with Gasteiger partial charge < -0.3 is 14.5 Å². The maximum Gasteiger partial charge on any atom is 0.409 e. The predicted octanol–water partition coefficient (Wildman–Crippen LogP) is 0.517. The summed E-state index contributed by atoms with van der Waals surface area (Å²) in [7, 11) is 0. The minimum atomic E-state index is -0.319. The van der Waals surface area contributed by atoms with Crippen molar-refractivity contribution in [3.8, 4) is 0 Å². The Bertz CT molecular complexity index is 695. The third kappa shape index (κ3) is 3.75. The van der Waals surface area contributed by atoms with Crippen molar-refractivity contribution in [3.63, 3.8) is 0 Å². The number of carbonyl (C=O) groups excluding carboxylic acids is 2.